The minimum absolute atomic E-state index is 0.0112. The van der Waals surface area contributed by atoms with E-state index in [0.29, 0.717) is 31.3 Å². The molecule has 1 aliphatic rings. The van der Waals surface area contributed by atoms with Gasteiger partial charge in [-0.25, -0.2) is 0 Å². The van der Waals surface area contributed by atoms with Crippen molar-refractivity contribution in [3.63, 3.8) is 0 Å². The van der Waals surface area contributed by atoms with Gasteiger partial charge < -0.3 is 5.11 Å². The Bertz CT molecular complexity index is 1610. The van der Waals surface area contributed by atoms with Crippen LogP contribution in [0.25, 0.3) is 5.76 Å². The van der Waals surface area contributed by atoms with E-state index in [2.05, 4.69) is 31.0 Å². The summed E-state index contributed by atoms with van der Waals surface area (Å²) in [7, 11) is 0. The van der Waals surface area contributed by atoms with Gasteiger partial charge in [0.25, 0.3) is 5.78 Å². The summed E-state index contributed by atoms with van der Waals surface area (Å²) in [6.45, 7) is 6.34. The number of hydrogen-bond acceptors (Lipinski definition) is 7. The van der Waals surface area contributed by atoms with Crippen LogP contribution in [-0.4, -0.2) is 27.0 Å². The molecule has 4 aromatic rings. The number of Topliss-reactive ketones (excluding diaryl/α,β-unsaturated/α-hetero) is 1. The Kier molecular flexibility index (Phi) is 8.06. The number of ketones is 1. The lowest BCUT2D eigenvalue weighted by molar-refractivity contribution is -0.132. The van der Waals surface area contributed by atoms with E-state index in [1.165, 1.54) is 28.0 Å². The highest BCUT2D eigenvalue weighted by Crippen LogP contribution is 2.44. The van der Waals surface area contributed by atoms with Crippen molar-refractivity contribution >= 4 is 68.9 Å². The Labute approximate surface area is 250 Å². The largest absolute Gasteiger partial charge is 0.507 e. The minimum Gasteiger partial charge on any atom is -0.507 e. The molecule has 1 saturated heterocycles. The highest BCUT2D eigenvalue weighted by molar-refractivity contribution is 8.00. The summed E-state index contributed by atoms with van der Waals surface area (Å²) in [5.74, 6) is -1.25. The zero-order valence-corrected chi connectivity index (χ0v) is 25.0. The molecule has 1 fully saturated rings. The van der Waals surface area contributed by atoms with E-state index in [-0.39, 0.29) is 21.9 Å². The molecule has 1 N–H and O–H groups in total. The van der Waals surface area contributed by atoms with E-state index in [1.807, 2.05) is 36.4 Å². The number of rotatable bonds is 6. The summed E-state index contributed by atoms with van der Waals surface area (Å²) >= 11 is 14.9. The summed E-state index contributed by atoms with van der Waals surface area (Å²) in [5, 5.41) is 21.2. The predicted octanol–water partition coefficient (Wildman–Crippen LogP) is 8.06. The van der Waals surface area contributed by atoms with Crippen LogP contribution in [0.5, 0.6) is 0 Å². The first-order chi connectivity index (χ1) is 19.0. The molecule has 204 valence electrons. The molecule has 1 aliphatic heterocycles. The van der Waals surface area contributed by atoms with E-state index in [0.717, 1.165) is 11.1 Å². The zero-order valence-electron chi connectivity index (χ0n) is 21.9. The lowest BCUT2D eigenvalue weighted by Crippen LogP contribution is -2.29. The minimum atomic E-state index is -0.870. The SMILES string of the molecule is CC(C)(C)c1ccc(C2/C(=C(/O)c3ccccc3)C(=O)C(=O)N2c2nnc(SCc3ccc(Cl)cc3Cl)s2)cc1. The second-order valence-corrected chi connectivity index (χ2v) is 13.3. The number of benzene rings is 3. The first kappa shape index (κ1) is 28.4. The number of amides is 1. The number of aromatic nitrogens is 2. The molecule has 1 unspecified atom stereocenters. The standard InChI is InChI=1S/C30H25Cl2N3O3S2/c1-30(2,3)20-12-9-17(10-13-20)24-23(25(36)18-7-5-4-6-8-18)26(37)27(38)35(24)28-33-34-29(40-28)39-16-19-11-14-21(31)15-22(19)32/h4-15,24,36H,16H2,1-3H3/b25-23-. The van der Waals surface area contributed by atoms with Crippen LogP contribution >= 0.6 is 46.3 Å². The third kappa shape index (κ3) is 5.67. The molecule has 0 radical (unpaired) electrons. The topological polar surface area (TPSA) is 83.4 Å². The van der Waals surface area contributed by atoms with Gasteiger partial charge in [-0.05, 0) is 34.2 Å². The van der Waals surface area contributed by atoms with Gasteiger partial charge in [0.05, 0.1) is 11.6 Å². The van der Waals surface area contributed by atoms with E-state index in [4.69, 9.17) is 23.2 Å². The van der Waals surface area contributed by atoms with Crippen molar-refractivity contribution in [2.45, 2.75) is 42.3 Å². The van der Waals surface area contributed by atoms with Crippen molar-refractivity contribution in [2.24, 2.45) is 0 Å². The van der Waals surface area contributed by atoms with Gasteiger partial charge in [0.2, 0.25) is 5.13 Å². The first-order valence-electron chi connectivity index (χ1n) is 12.4. The summed E-state index contributed by atoms with van der Waals surface area (Å²) in [5.41, 5.74) is 3.05. The van der Waals surface area contributed by atoms with Gasteiger partial charge in [0, 0.05) is 21.4 Å². The molecule has 0 saturated carbocycles. The van der Waals surface area contributed by atoms with E-state index in [9.17, 15) is 14.7 Å². The highest BCUT2D eigenvalue weighted by atomic mass is 35.5. The summed E-state index contributed by atoms with van der Waals surface area (Å²) in [6, 6.07) is 20.9. The van der Waals surface area contributed by atoms with E-state index >= 15 is 0 Å². The molecule has 2 heterocycles. The second kappa shape index (κ2) is 11.4. The van der Waals surface area contributed by atoms with E-state index < -0.39 is 17.7 Å². The number of carbonyl (C=O) groups is 2. The van der Waals surface area contributed by atoms with Gasteiger partial charge >= 0.3 is 5.91 Å². The maximum absolute atomic E-state index is 13.5. The van der Waals surface area contributed by atoms with Crippen molar-refractivity contribution in [2.75, 3.05) is 4.90 Å². The van der Waals surface area contributed by atoms with Gasteiger partial charge in [-0.1, -0.05) is 128 Å². The van der Waals surface area contributed by atoms with Crippen molar-refractivity contribution in [3.05, 3.63) is 111 Å². The first-order valence-corrected chi connectivity index (χ1v) is 15.0. The van der Waals surface area contributed by atoms with Crippen molar-refractivity contribution in [3.8, 4) is 0 Å². The van der Waals surface area contributed by atoms with Gasteiger partial charge in [-0.15, -0.1) is 10.2 Å². The van der Waals surface area contributed by atoms with E-state index in [1.54, 1.807) is 36.4 Å². The van der Waals surface area contributed by atoms with Gasteiger partial charge in [0.1, 0.15) is 5.76 Å². The average molecular weight is 611 g/mol. The van der Waals surface area contributed by atoms with Crippen molar-refractivity contribution in [1.29, 1.82) is 0 Å². The third-order valence-electron chi connectivity index (χ3n) is 6.55. The number of thioether (sulfide) groups is 1. The lowest BCUT2D eigenvalue weighted by atomic mass is 9.85. The van der Waals surface area contributed by atoms with Crippen LogP contribution in [0, 0.1) is 0 Å². The molecule has 3 aromatic carbocycles. The van der Waals surface area contributed by atoms with Gasteiger partial charge in [0.15, 0.2) is 4.34 Å². The molecular weight excluding hydrogens is 585 g/mol. The maximum Gasteiger partial charge on any atom is 0.301 e. The van der Waals surface area contributed by atoms with Crippen molar-refractivity contribution in [1.82, 2.24) is 10.2 Å². The molecule has 1 atom stereocenters. The molecule has 5 rings (SSSR count). The number of halogens is 2. The molecule has 0 bridgehead atoms. The number of carbonyl (C=O) groups excluding carboxylic acids is 2. The zero-order chi connectivity index (χ0) is 28.6. The molecule has 40 heavy (non-hydrogen) atoms. The molecule has 10 heteroatoms. The van der Waals surface area contributed by atoms with Crippen LogP contribution in [0.2, 0.25) is 10.0 Å². The Balaban J connectivity index is 1.54. The molecule has 0 spiro atoms. The number of aliphatic hydroxyl groups excluding tert-OH is 1. The molecular formula is C30H25Cl2N3O3S2. The van der Waals surface area contributed by atoms with Crippen molar-refractivity contribution < 1.29 is 14.7 Å². The molecule has 0 aliphatic carbocycles. The maximum atomic E-state index is 13.5. The van der Waals surface area contributed by atoms with Crippen LogP contribution in [0.15, 0.2) is 82.7 Å². The molecule has 1 amide bonds. The second-order valence-electron chi connectivity index (χ2n) is 10.3. The lowest BCUT2D eigenvalue weighted by Gasteiger charge is -2.24. The van der Waals surface area contributed by atoms with Gasteiger partial charge in [-0.3, -0.25) is 14.5 Å². The Hall–Kier alpha value is -3.17. The monoisotopic (exact) mass is 609 g/mol. The third-order valence-corrected chi connectivity index (χ3v) is 9.24. The number of anilines is 1. The van der Waals surface area contributed by atoms with Crippen LogP contribution < -0.4 is 4.90 Å². The summed E-state index contributed by atoms with van der Waals surface area (Å²) < 4.78 is 0.604. The average Bonchev–Trinajstić information content (AvgIpc) is 3.50. The van der Waals surface area contributed by atoms with Crippen LogP contribution in [0.1, 0.15) is 49.1 Å². The Morgan fingerprint density at radius 1 is 1.00 bits per heavy atom. The Morgan fingerprint density at radius 2 is 1.70 bits per heavy atom. The molecule has 1 aromatic heterocycles. The number of nitrogens with zero attached hydrogens (tertiary/aromatic N) is 3. The highest BCUT2D eigenvalue weighted by Gasteiger charge is 2.48. The van der Waals surface area contributed by atoms with Crippen LogP contribution in [0.4, 0.5) is 5.13 Å². The fourth-order valence-corrected chi connectivity index (χ4v) is 6.82. The number of hydrogen-bond donors (Lipinski definition) is 1. The van der Waals surface area contributed by atoms with Crippen LogP contribution in [-0.2, 0) is 20.8 Å². The fourth-order valence-electron chi connectivity index (χ4n) is 4.40. The fraction of sp³-hybridized carbons (Fsp3) is 0.200. The predicted molar refractivity (Wildman–Crippen MR) is 162 cm³/mol. The smallest absolute Gasteiger partial charge is 0.301 e. The Morgan fingerprint density at radius 3 is 2.35 bits per heavy atom. The summed E-state index contributed by atoms with van der Waals surface area (Å²) in [6.07, 6.45) is 0. The van der Waals surface area contributed by atoms with Gasteiger partial charge in [-0.2, -0.15) is 0 Å². The van der Waals surface area contributed by atoms with Crippen LogP contribution in [0.3, 0.4) is 0 Å². The quantitative estimate of drug-likeness (QED) is 0.0782. The normalized spacial score (nSPS) is 17.0. The summed E-state index contributed by atoms with van der Waals surface area (Å²) in [4.78, 5) is 28.2. The number of aliphatic hydroxyl groups is 1. The molecule has 6 nitrogen and oxygen atoms in total.